The molecule has 0 bridgehead atoms. The third-order valence-electron chi connectivity index (χ3n) is 4.26. The lowest BCUT2D eigenvalue weighted by atomic mass is 10.1. The number of piperidine rings is 1. The summed E-state index contributed by atoms with van der Waals surface area (Å²) >= 11 is 0. The highest BCUT2D eigenvalue weighted by molar-refractivity contribution is 6.04. The maximum absolute atomic E-state index is 12.1. The van der Waals surface area contributed by atoms with Crippen molar-refractivity contribution in [3.05, 3.63) is 35.1 Å². The van der Waals surface area contributed by atoms with Crippen LogP contribution < -0.4 is 0 Å². The zero-order valence-corrected chi connectivity index (χ0v) is 13.4. The van der Waals surface area contributed by atoms with Crippen LogP contribution in [-0.4, -0.2) is 30.6 Å². The van der Waals surface area contributed by atoms with Gasteiger partial charge in [-0.05, 0) is 57.5 Å². The minimum atomic E-state index is -0.297. The van der Waals surface area contributed by atoms with Crippen LogP contribution in [-0.2, 0) is 11.3 Å². The SMILES string of the molecule is CCOC(=O)c1c(C)oc2ccc(CN3CCCCC3)cc12. The Labute approximate surface area is 131 Å². The number of nitrogens with zero attached hydrogens (tertiary/aromatic N) is 1. The predicted molar refractivity (Wildman–Crippen MR) is 86.0 cm³/mol. The molecule has 0 atom stereocenters. The van der Waals surface area contributed by atoms with Crippen LogP contribution in [0.15, 0.2) is 22.6 Å². The molecule has 0 unspecified atom stereocenters. The molecule has 1 fully saturated rings. The summed E-state index contributed by atoms with van der Waals surface area (Å²) in [4.78, 5) is 14.6. The smallest absolute Gasteiger partial charge is 0.342 e. The molecule has 4 heteroatoms. The number of aryl methyl sites for hydroxylation is 1. The molecule has 2 heterocycles. The molecule has 3 rings (SSSR count). The molecule has 1 saturated heterocycles. The molecular weight excluding hydrogens is 278 g/mol. The van der Waals surface area contributed by atoms with Gasteiger partial charge in [-0.1, -0.05) is 12.5 Å². The van der Waals surface area contributed by atoms with Gasteiger partial charge in [0, 0.05) is 11.9 Å². The van der Waals surface area contributed by atoms with Gasteiger partial charge in [0.25, 0.3) is 0 Å². The molecule has 0 spiro atoms. The Kier molecular flexibility index (Phi) is 4.48. The third kappa shape index (κ3) is 3.02. The van der Waals surface area contributed by atoms with Crippen molar-refractivity contribution in [3.8, 4) is 0 Å². The van der Waals surface area contributed by atoms with Crippen LogP contribution in [0, 0.1) is 6.92 Å². The molecule has 0 saturated carbocycles. The first-order valence-electron chi connectivity index (χ1n) is 8.10. The molecule has 4 nitrogen and oxygen atoms in total. The molecule has 0 N–H and O–H groups in total. The van der Waals surface area contributed by atoms with Crippen LogP contribution in [0.4, 0.5) is 0 Å². The van der Waals surface area contributed by atoms with Gasteiger partial charge in [-0.3, -0.25) is 4.90 Å². The second-order valence-electron chi connectivity index (χ2n) is 5.92. The summed E-state index contributed by atoms with van der Waals surface area (Å²) in [5.41, 5.74) is 2.54. The number of carbonyl (C=O) groups excluding carboxylic acids is 1. The maximum atomic E-state index is 12.1. The van der Waals surface area contributed by atoms with Gasteiger partial charge in [0.1, 0.15) is 16.9 Å². The van der Waals surface area contributed by atoms with Crippen LogP contribution in [0.3, 0.4) is 0 Å². The average molecular weight is 301 g/mol. The fourth-order valence-corrected chi connectivity index (χ4v) is 3.20. The Morgan fingerprint density at radius 1 is 1.27 bits per heavy atom. The van der Waals surface area contributed by atoms with E-state index >= 15 is 0 Å². The highest BCUT2D eigenvalue weighted by atomic mass is 16.5. The lowest BCUT2D eigenvalue weighted by Crippen LogP contribution is -2.29. The maximum Gasteiger partial charge on any atom is 0.342 e. The highest BCUT2D eigenvalue weighted by Gasteiger charge is 2.20. The molecule has 0 radical (unpaired) electrons. The van der Waals surface area contributed by atoms with E-state index in [1.54, 1.807) is 0 Å². The Morgan fingerprint density at radius 3 is 2.77 bits per heavy atom. The molecule has 0 aliphatic carbocycles. The van der Waals surface area contributed by atoms with E-state index < -0.39 is 0 Å². The minimum Gasteiger partial charge on any atom is -0.462 e. The number of rotatable bonds is 4. The average Bonchev–Trinajstić information content (AvgIpc) is 2.84. The number of hydrogen-bond donors (Lipinski definition) is 0. The van der Waals surface area contributed by atoms with E-state index in [4.69, 9.17) is 9.15 Å². The normalized spacial score (nSPS) is 16.1. The van der Waals surface area contributed by atoms with Crippen molar-refractivity contribution in [3.63, 3.8) is 0 Å². The molecule has 0 amide bonds. The molecule has 2 aromatic rings. The second kappa shape index (κ2) is 6.53. The van der Waals surface area contributed by atoms with Crippen molar-refractivity contribution in [1.82, 2.24) is 4.90 Å². The largest absolute Gasteiger partial charge is 0.462 e. The van der Waals surface area contributed by atoms with E-state index in [0.717, 1.165) is 30.6 Å². The third-order valence-corrected chi connectivity index (χ3v) is 4.26. The van der Waals surface area contributed by atoms with Crippen molar-refractivity contribution >= 4 is 16.9 Å². The zero-order chi connectivity index (χ0) is 15.5. The summed E-state index contributed by atoms with van der Waals surface area (Å²) in [5, 5.41) is 0.866. The second-order valence-corrected chi connectivity index (χ2v) is 5.92. The highest BCUT2D eigenvalue weighted by Crippen LogP contribution is 2.28. The fraction of sp³-hybridized carbons (Fsp3) is 0.500. The van der Waals surface area contributed by atoms with Crippen molar-refractivity contribution in [2.24, 2.45) is 0 Å². The van der Waals surface area contributed by atoms with Crippen molar-refractivity contribution in [2.45, 2.75) is 39.7 Å². The van der Waals surface area contributed by atoms with Gasteiger partial charge in [0.05, 0.1) is 6.61 Å². The number of furan rings is 1. The van der Waals surface area contributed by atoms with E-state index in [1.807, 2.05) is 19.9 Å². The summed E-state index contributed by atoms with van der Waals surface area (Å²) in [6.45, 7) is 7.26. The standard InChI is InChI=1S/C18H23NO3/c1-3-21-18(20)17-13(2)22-16-8-7-14(11-15(16)17)12-19-9-5-4-6-10-19/h7-8,11H,3-6,9-10,12H2,1-2H3. The Balaban J connectivity index is 1.90. The summed E-state index contributed by atoms with van der Waals surface area (Å²) in [6.07, 6.45) is 3.89. The number of likely N-dealkylation sites (tertiary alicyclic amines) is 1. The van der Waals surface area contributed by atoms with Gasteiger partial charge in [-0.25, -0.2) is 4.79 Å². The number of benzene rings is 1. The first-order chi connectivity index (χ1) is 10.7. The van der Waals surface area contributed by atoms with Crippen LogP contribution in [0.2, 0.25) is 0 Å². The first-order valence-corrected chi connectivity index (χ1v) is 8.10. The molecule has 118 valence electrons. The number of fused-ring (bicyclic) bond motifs is 1. The Bertz CT molecular complexity index is 668. The van der Waals surface area contributed by atoms with Gasteiger partial charge in [0.2, 0.25) is 0 Å². The van der Waals surface area contributed by atoms with Gasteiger partial charge in [-0.2, -0.15) is 0 Å². The summed E-state index contributed by atoms with van der Waals surface area (Å²) in [5.74, 6) is 0.331. The van der Waals surface area contributed by atoms with E-state index in [-0.39, 0.29) is 5.97 Å². The molecule has 1 aliphatic rings. The van der Waals surface area contributed by atoms with E-state index in [9.17, 15) is 4.79 Å². The van der Waals surface area contributed by atoms with Crippen LogP contribution in [0.25, 0.3) is 11.0 Å². The number of hydrogen-bond acceptors (Lipinski definition) is 4. The lowest BCUT2D eigenvalue weighted by molar-refractivity contribution is 0.0526. The van der Waals surface area contributed by atoms with Gasteiger partial charge in [0.15, 0.2) is 0 Å². The molecule has 1 aliphatic heterocycles. The van der Waals surface area contributed by atoms with Crippen molar-refractivity contribution in [1.29, 1.82) is 0 Å². The van der Waals surface area contributed by atoms with Crippen molar-refractivity contribution < 1.29 is 13.9 Å². The van der Waals surface area contributed by atoms with E-state index in [0.29, 0.717) is 17.9 Å². The van der Waals surface area contributed by atoms with Crippen LogP contribution in [0.1, 0.15) is 47.9 Å². The number of esters is 1. The van der Waals surface area contributed by atoms with Gasteiger partial charge < -0.3 is 9.15 Å². The quantitative estimate of drug-likeness (QED) is 0.803. The minimum absolute atomic E-state index is 0.297. The monoisotopic (exact) mass is 301 g/mol. The lowest BCUT2D eigenvalue weighted by Gasteiger charge is -2.26. The topological polar surface area (TPSA) is 42.7 Å². The summed E-state index contributed by atoms with van der Waals surface area (Å²) in [6, 6.07) is 6.13. The number of ether oxygens (including phenoxy) is 1. The van der Waals surface area contributed by atoms with Gasteiger partial charge >= 0.3 is 5.97 Å². The predicted octanol–water partition coefficient (Wildman–Crippen LogP) is 3.90. The first kappa shape index (κ1) is 15.1. The van der Waals surface area contributed by atoms with Crippen molar-refractivity contribution in [2.75, 3.05) is 19.7 Å². The molecule has 22 heavy (non-hydrogen) atoms. The summed E-state index contributed by atoms with van der Waals surface area (Å²) in [7, 11) is 0. The van der Waals surface area contributed by atoms with Crippen LogP contribution >= 0.6 is 0 Å². The van der Waals surface area contributed by atoms with Gasteiger partial charge in [-0.15, -0.1) is 0 Å². The Hall–Kier alpha value is -1.81. The van der Waals surface area contributed by atoms with E-state index in [1.165, 1.54) is 24.8 Å². The molecular formula is C18H23NO3. The fourth-order valence-electron chi connectivity index (χ4n) is 3.20. The molecule has 1 aromatic heterocycles. The number of carbonyl (C=O) groups is 1. The zero-order valence-electron chi connectivity index (χ0n) is 13.4. The summed E-state index contributed by atoms with van der Waals surface area (Å²) < 4.78 is 10.9. The van der Waals surface area contributed by atoms with E-state index in [2.05, 4.69) is 17.0 Å². The van der Waals surface area contributed by atoms with Crippen LogP contribution in [0.5, 0.6) is 0 Å². The molecule has 1 aromatic carbocycles. The Morgan fingerprint density at radius 2 is 2.05 bits per heavy atom.